The number of anilines is 1. The van der Waals surface area contributed by atoms with Crippen molar-refractivity contribution in [3.05, 3.63) is 21.6 Å². The maximum Gasteiger partial charge on any atom is 0.287 e. The van der Waals surface area contributed by atoms with Crippen molar-refractivity contribution in [2.24, 2.45) is 5.73 Å². The smallest absolute Gasteiger partial charge is 0.287 e. The monoisotopic (exact) mass is 313 g/mol. The van der Waals surface area contributed by atoms with E-state index >= 15 is 0 Å². The number of halogens is 1. The number of nitrogens with zero attached hydrogens (tertiary/aromatic N) is 3. The Balaban J connectivity index is 2.11. The van der Waals surface area contributed by atoms with Crippen LogP contribution in [0.2, 0.25) is 5.02 Å². The van der Waals surface area contributed by atoms with Gasteiger partial charge in [-0.15, -0.1) is 0 Å². The zero-order valence-corrected chi connectivity index (χ0v) is 13.4. The van der Waals surface area contributed by atoms with Gasteiger partial charge in [0.25, 0.3) is 5.56 Å². The first-order valence-electron chi connectivity index (χ1n) is 7.41. The van der Waals surface area contributed by atoms with Gasteiger partial charge in [0.2, 0.25) is 0 Å². The van der Waals surface area contributed by atoms with Crippen LogP contribution in [-0.2, 0) is 6.54 Å². The van der Waals surface area contributed by atoms with Gasteiger partial charge in [0, 0.05) is 18.6 Å². The van der Waals surface area contributed by atoms with Gasteiger partial charge in [-0.25, -0.2) is 4.68 Å². The Hall–Kier alpha value is -1.11. The Labute approximate surface area is 130 Å². The normalized spacial score (nSPS) is 22.5. The molecule has 3 N–H and O–H groups in total. The maximum atomic E-state index is 12.2. The fourth-order valence-electron chi connectivity index (χ4n) is 2.56. The second-order valence-corrected chi connectivity index (χ2v) is 6.28. The minimum Gasteiger partial charge on any atom is -0.378 e. The number of aromatic nitrogens is 2. The van der Waals surface area contributed by atoms with Crippen molar-refractivity contribution in [1.82, 2.24) is 14.7 Å². The van der Waals surface area contributed by atoms with E-state index in [2.05, 4.69) is 10.4 Å². The van der Waals surface area contributed by atoms with Crippen LogP contribution in [0.3, 0.4) is 0 Å². The molecule has 0 radical (unpaired) electrons. The highest BCUT2D eigenvalue weighted by Gasteiger charge is 2.23. The van der Waals surface area contributed by atoms with Crippen LogP contribution in [0, 0.1) is 0 Å². The van der Waals surface area contributed by atoms with Gasteiger partial charge in [-0.05, 0) is 26.9 Å². The Morgan fingerprint density at radius 2 is 2.19 bits per heavy atom. The number of hydrogen-bond donors (Lipinski definition) is 2. The topological polar surface area (TPSA) is 76.2 Å². The lowest BCUT2D eigenvalue weighted by Gasteiger charge is -2.30. The molecule has 0 amide bonds. The number of nitrogens with one attached hydrogen (secondary N) is 1. The predicted molar refractivity (Wildman–Crippen MR) is 85.9 cm³/mol. The quantitative estimate of drug-likeness (QED) is 0.852. The fourth-order valence-corrected chi connectivity index (χ4v) is 2.76. The van der Waals surface area contributed by atoms with Crippen LogP contribution in [0.5, 0.6) is 0 Å². The summed E-state index contributed by atoms with van der Waals surface area (Å²) in [6.07, 6.45) is 5.94. The molecule has 0 aliphatic heterocycles. The third kappa shape index (κ3) is 4.18. The van der Waals surface area contributed by atoms with Crippen molar-refractivity contribution >= 4 is 17.3 Å². The van der Waals surface area contributed by atoms with Crippen molar-refractivity contribution in [3.63, 3.8) is 0 Å². The molecule has 1 aromatic rings. The van der Waals surface area contributed by atoms with Gasteiger partial charge in [0.1, 0.15) is 5.02 Å². The Kier molecular flexibility index (Phi) is 5.61. The Bertz CT molecular complexity index is 531. The molecule has 6 nitrogen and oxygen atoms in total. The number of hydrogen-bond acceptors (Lipinski definition) is 5. The molecule has 1 heterocycles. The van der Waals surface area contributed by atoms with Gasteiger partial charge in [0.05, 0.1) is 18.4 Å². The zero-order valence-electron chi connectivity index (χ0n) is 12.7. The average molecular weight is 314 g/mol. The van der Waals surface area contributed by atoms with Crippen LogP contribution in [0.1, 0.15) is 25.7 Å². The highest BCUT2D eigenvalue weighted by Crippen LogP contribution is 2.23. The van der Waals surface area contributed by atoms with Gasteiger partial charge in [-0.1, -0.05) is 24.4 Å². The first kappa shape index (κ1) is 16.3. The summed E-state index contributed by atoms with van der Waals surface area (Å²) >= 11 is 6.19. The van der Waals surface area contributed by atoms with E-state index in [1.54, 1.807) is 6.20 Å². The highest BCUT2D eigenvalue weighted by molar-refractivity contribution is 6.32. The largest absolute Gasteiger partial charge is 0.378 e. The van der Waals surface area contributed by atoms with Crippen molar-refractivity contribution in [1.29, 1.82) is 0 Å². The van der Waals surface area contributed by atoms with Crippen molar-refractivity contribution in [3.8, 4) is 0 Å². The van der Waals surface area contributed by atoms with E-state index in [-0.39, 0.29) is 22.7 Å². The summed E-state index contributed by atoms with van der Waals surface area (Å²) in [4.78, 5) is 14.2. The molecule has 21 heavy (non-hydrogen) atoms. The summed E-state index contributed by atoms with van der Waals surface area (Å²) in [6, 6.07) is 0.265. The van der Waals surface area contributed by atoms with Crippen molar-refractivity contribution in [2.45, 2.75) is 44.3 Å². The van der Waals surface area contributed by atoms with E-state index < -0.39 is 0 Å². The van der Waals surface area contributed by atoms with Crippen LogP contribution in [0.4, 0.5) is 5.69 Å². The minimum absolute atomic E-state index is 0.103. The van der Waals surface area contributed by atoms with E-state index in [1.807, 2.05) is 19.0 Å². The molecular weight excluding hydrogens is 290 g/mol. The zero-order chi connectivity index (χ0) is 15.4. The molecule has 0 bridgehead atoms. The van der Waals surface area contributed by atoms with E-state index in [0.29, 0.717) is 12.2 Å². The summed E-state index contributed by atoms with van der Waals surface area (Å²) in [5.41, 5.74) is 6.44. The second-order valence-electron chi connectivity index (χ2n) is 5.90. The number of nitrogens with two attached hydrogens (primary N) is 1. The maximum absolute atomic E-state index is 12.2. The lowest BCUT2D eigenvalue weighted by atomic mass is 9.91. The van der Waals surface area contributed by atoms with Gasteiger partial charge < -0.3 is 16.0 Å². The third-order valence-corrected chi connectivity index (χ3v) is 4.27. The summed E-state index contributed by atoms with van der Waals surface area (Å²) < 4.78 is 1.40. The second kappa shape index (κ2) is 7.24. The third-order valence-electron chi connectivity index (χ3n) is 3.90. The molecule has 7 heteroatoms. The Morgan fingerprint density at radius 3 is 2.86 bits per heavy atom. The molecule has 1 saturated carbocycles. The molecule has 2 unspecified atom stereocenters. The first-order chi connectivity index (χ1) is 9.99. The summed E-state index contributed by atoms with van der Waals surface area (Å²) in [6.45, 7) is 1.26. The fraction of sp³-hybridized carbons (Fsp3) is 0.714. The molecule has 1 aliphatic rings. The molecule has 1 aliphatic carbocycles. The molecule has 0 saturated heterocycles. The van der Waals surface area contributed by atoms with Gasteiger partial charge in [-0.2, -0.15) is 5.10 Å². The lowest BCUT2D eigenvalue weighted by Crippen LogP contribution is -2.43. The minimum atomic E-state index is -0.257. The van der Waals surface area contributed by atoms with E-state index in [4.69, 9.17) is 17.3 Å². The SMILES string of the molecule is CN(C)CCn1ncc(NC2CCCCC2N)c(Cl)c1=O. The van der Waals surface area contributed by atoms with Crippen LogP contribution in [0.25, 0.3) is 0 Å². The van der Waals surface area contributed by atoms with Crippen molar-refractivity contribution < 1.29 is 0 Å². The number of likely N-dealkylation sites (N-methyl/N-ethyl adjacent to an activating group) is 1. The average Bonchev–Trinajstić information content (AvgIpc) is 2.45. The summed E-state index contributed by atoms with van der Waals surface area (Å²) in [7, 11) is 3.90. The van der Waals surface area contributed by atoms with Gasteiger partial charge >= 0.3 is 0 Å². The van der Waals surface area contributed by atoms with Crippen LogP contribution < -0.4 is 16.6 Å². The summed E-state index contributed by atoms with van der Waals surface area (Å²) in [5, 5.41) is 7.68. The lowest BCUT2D eigenvalue weighted by molar-refractivity contribution is 0.367. The molecule has 1 aromatic heterocycles. The van der Waals surface area contributed by atoms with Gasteiger partial charge in [0.15, 0.2) is 0 Å². The van der Waals surface area contributed by atoms with Crippen LogP contribution in [-0.4, -0.2) is 47.4 Å². The highest BCUT2D eigenvalue weighted by atomic mass is 35.5. The molecule has 2 atom stereocenters. The van der Waals surface area contributed by atoms with E-state index in [9.17, 15) is 4.79 Å². The first-order valence-corrected chi connectivity index (χ1v) is 7.79. The standard InChI is InChI=1S/C14H24ClN5O/c1-19(2)7-8-20-14(21)13(15)12(9-17-20)18-11-6-4-3-5-10(11)16/h9-11,18H,3-8,16H2,1-2H3. The summed E-state index contributed by atoms with van der Waals surface area (Å²) in [5.74, 6) is 0. The molecule has 1 fully saturated rings. The van der Waals surface area contributed by atoms with E-state index in [1.165, 1.54) is 4.68 Å². The molecule has 0 spiro atoms. The molecule has 0 aromatic carbocycles. The Morgan fingerprint density at radius 1 is 1.48 bits per heavy atom. The molecule has 2 rings (SSSR count). The van der Waals surface area contributed by atoms with Gasteiger partial charge in [-0.3, -0.25) is 4.79 Å². The van der Waals surface area contributed by atoms with E-state index in [0.717, 1.165) is 32.2 Å². The molecular formula is C14H24ClN5O. The van der Waals surface area contributed by atoms with Crippen LogP contribution in [0.15, 0.2) is 11.0 Å². The number of rotatable bonds is 5. The molecule has 118 valence electrons. The predicted octanol–water partition coefficient (Wildman–Crippen LogP) is 1.14. The van der Waals surface area contributed by atoms with Crippen molar-refractivity contribution in [2.75, 3.05) is 26.0 Å². The van der Waals surface area contributed by atoms with Crippen LogP contribution >= 0.6 is 11.6 Å².